The molecule has 0 aliphatic heterocycles. The number of hydrogen-bond acceptors (Lipinski definition) is 3. The third kappa shape index (κ3) is 1.21. The van der Waals surface area contributed by atoms with Crippen molar-refractivity contribution in [1.82, 2.24) is 20.2 Å². The predicted octanol–water partition coefficient (Wildman–Crippen LogP) is 1.35. The number of tetrazole rings is 1. The standard InChI is InChI=1S/C8H14N4/c1-2-8-9-10-11-12(8)7-5-3-4-6-7/h7H,2-6H2,1H3. The third-order valence-electron chi connectivity index (χ3n) is 2.55. The fourth-order valence-corrected chi connectivity index (χ4v) is 1.88. The van der Waals surface area contributed by atoms with Crippen molar-refractivity contribution in [3.05, 3.63) is 5.82 Å². The Balaban J connectivity index is 2.19. The molecule has 1 aromatic heterocycles. The molecule has 1 heterocycles. The summed E-state index contributed by atoms with van der Waals surface area (Å²) < 4.78 is 2.01. The molecule has 1 saturated carbocycles. The molecule has 1 aromatic rings. The average molecular weight is 166 g/mol. The summed E-state index contributed by atoms with van der Waals surface area (Å²) >= 11 is 0. The zero-order valence-corrected chi connectivity index (χ0v) is 7.40. The lowest BCUT2D eigenvalue weighted by Crippen LogP contribution is -2.10. The SMILES string of the molecule is CCc1nnnn1C1CCCC1. The lowest BCUT2D eigenvalue weighted by Gasteiger charge is -2.09. The van der Waals surface area contributed by atoms with Gasteiger partial charge in [-0.05, 0) is 23.3 Å². The van der Waals surface area contributed by atoms with Gasteiger partial charge >= 0.3 is 0 Å². The van der Waals surface area contributed by atoms with E-state index in [-0.39, 0.29) is 0 Å². The van der Waals surface area contributed by atoms with Gasteiger partial charge in [0, 0.05) is 6.42 Å². The second-order valence-corrected chi connectivity index (χ2v) is 3.33. The first-order chi connectivity index (χ1) is 5.92. The summed E-state index contributed by atoms with van der Waals surface area (Å²) in [6.07, 6.45) is 6.08. The number of aryl methyl sites for hydroxylation is 1. The molecule has 1 aliphatic carbocycles. The Bertz CT molecular complexity index is 249. The molecule has 4 heteroatoms. The molecule has 2 rings (SSSR count). The van der Waals surface area contributed by atoms with Crippen LogP contribution in [0.2, 0.25) is 0 Å². The van der Waals surface area contributed by atoms with E-state index in [1.165, 1.54) is 25.7 Å². The molecule has 0 atom stereocenters. The van der Waals surface area contributed by atoms with Crippen molar-refractivity contribution >= 4 is 0 Å². The van der Waals surface area contributed by atoms with Gasteiger partial charge in [-0.15, -0.1) is 5.10 Å². The molecule has 1 aliphatic rings. The summed E-state index contributed by atoms with van der Waals surface area (Å²) in [5.74, 6) is 1.03. The van der Waals surface area contributed by atoms with Crippen molar-refractivity contribution in [3.63, 3.8) is 0 Å². The predicted molar refractivity (Wildman–Crippen MR) is 44.7 cm³/mol. The summed E-state index contributed by atoms with van der Waals surface area (Å²) in [5.41, 5.74) is 0. The molecule has 4 nitrogen and oxygen atoms in total. The summed E-state index contributed by atoms with van der Waals surface area (Å²) in [6, 6.07) is 0.579. The molecule has 0 bridgehead atoms. The van der Waals surface area contributed by atoms with Crippen molar-refractivity contribution in [1.29, 1.82) is 0 Å². The minimum Gasteiger partial charge on any atom is -0.227 e. The van der Waals surface area contributed by atoms with E-state index in [9.17, 15) is 0 Å². The van der Waals surface area contributed by atoms with Crippen LogP contribution in [0.5, 0.6) is 0 Å². The van der Waals surface area contributed by atoms with Crippen LogP contribution in [0.3, 0.4) is 0 Å². The van der Waals surface area contributed by atoms with Crippen LogP contribution in [-0.4, -0.2) is 20.2 Å². The summed E-state index contributed by atoms with van der Waals surface area (Å²) in [7, 11) is 0. The topological polar surface area (TPSA) is 43.6 Å². The van der Waals surface area contributed by atoms with E-state index in [4.69, 9.17) is 0 Å². The lowest BCUT2D eigenvalue weighted by atomic mass is 10.2. The smallest absolute Gasteiger partial charge is 0.151 e. The highest BCUT2D eigenvalue weighted by atomic mass is 15.5. The quantitative estimate of drug-likeness (QED) is 0.666. The zero-order chi connectivity index (χ0) is 8.39. The first-order valence-corrected chi connectivity index (χ1v) is 4.68. The Morgan fingerprint density at radius 3 is 2.83 bits per heavy atom. The fourth-order valence-electron chi connectivity index (χ4n) is 1.88. The van der Waals surface area contributed by atoms with E-state index in [2.05, 4.69) is 22.4 Å². The summed E-state index contributed by atoms with van der Waals surface area (Å²) in [4.78, 5) is 0. The van der Waals surface area contributed by atoms with Gasteiger partial charge in [0.2, 0.25) is 0 Å². The second-order valence-electron chi connectivity index (χ2n) is 3.33. The molecular formula is C8H14N4. The molecule has 0 spiro atoms. The molecule has 0 aromatic carbocycles. The molecule has 0 saturated heterocycles. The summed E-state index contributed by atoms with van der Waals surface area (Å²) in [5, 5.41) is 11.7. The first kappa shape index (κ1) is 7.71. The lowest BCUT2D eigenvalue weighted by molar-refractivity contribution is 0.439. The van der Waals surface area contributed by atoms with Crippen LogP contribution in [0, 0.1) is 0 Å². The largest absolute Gasteiger partial charge is 0.227 e. The fraction of sp³-hybridized carbons (Fsp3) is 0.875. The van der Waals surface area contributed by atoms with E-state index in [0.717, 1.165) is 12.2 Å². The maximum absolute atomic E-state index is 4.02. The Morgan fingerprint density at radius 1 is 1.42 bits per heavy atom. The summed E-state index contributed by atoms with van der Waals surface area (Å²) in [6.45, 7) is 2.09. The van der Waals surface area contributed by atoms with Gasteiger partial charge in [0.05, 0.1) is 6.04 Å². The Labute approximate surface area is 72.0 Å². The van der Waals surface area contributed by atoms with Gasteiger partial charge in [-0.2, -0.15) is 0 Å². The van der Waals surface area contributed by atoms with Crippen LogP contribution < -0.4 is 0 Å². The van der Waals surface area contributed by atoms with E-state index >= 15 is 0 Å². The van der Waals surface area contributed by atoms with E-state index < -0.39 is 0 Å². The van der Waals surface area contributed by atoms with Gasteiger partial charge in [0.25, 0.3) is 0 Å². The molecule has 12 heavy (non-hydrogen) atoms. The number of rotatable bonds is 2. The van der Waals surface area contributed by atoms with Crippen molar-refractivity contribution in [2.24, 2.45) is 0 Å². The normalized spacial score (nSPS) is 18.8. The number of hydrogen-bond donors (Lipinski definition) is 0. The Morgan fingerprint density at radius 2 is 2.17 bits per heavy atom. The zero-order valence-electron chi connectivity index (χ0n) is 7.40. The highest BCUT2D eigenvalue weighted by Gasteiger charge is 2.20. The molecule has 0 amide bonds. The maximum Gasteiger partial charge on any atom is 0.151 e. The Hall–Kier alpha value is -0.930. The molecule has 0 radical (unpaired) electrons. The van der Waals surface area contributed by atoms with Crippen molar-refractivity contribution in [2.75, 3.05) is 0 Å². The van der Waals surface area contributed by atoms with Crippen LogP contribution in [0.15, 0.2) is 0 Å². The van der Waals surface area contributed by atoms with Gasteiger partial charge in [0.15, 0.2) is 5.82 Å². The van der Waals surface area contributed by atoms with Gasteiger partial charge in [-0.25, -0.2) is 4.68 Å². The van der Waals surface area contributed by atoms with Gasteiger partial charge in [-0.3, -0.25) is 0 Å². The van der Waals surface area contributed by atoms with E-state index in [1.54, 1.807) is 0 Å². The van der Waals surface area contributed by atoms with Crippen LogP contribution >= 0.6 is 0 Å². The molecule has 1 fully saturated rings. The minimum absolute atomic E-state index is 0.579. The Kier molecular flexibility index (Phi) is 2.06. The van der Waals surface area contributed by atoms with Crippen LogP contribution in [0.25, 0.3) is 0 Å². The first-order valence-electron chi connectivity index (χ1n) is 4.68. The number of aromatic nitrogens is 4. The third-order valence-corrected chi connectivity index (χ3v) is 2.55. The van der Waals surface area contributed by atoms with Crippen LogP contribution in [0.4, 0.5) is 0 Å². The highest BCUT2D eigenvalue weighted by Crippen LogP contribution is 2.28. The van der Waals surface area contributed by atoms with E-state index in [0.29, 0.717) is 6.04 Å². The van der Waals surface area contributed by atoms with Crippen molar-refractivity contribution < 1.29 is 0 Å². The number of nitrogens with zero attached hydrogens (tertiary/aromatic N) is 4. The van der Waals surface area contributed by atoms with Crippen molar-refractivity contribution in [2.45, 2.75) is 45.1 Å². The molecule has 66 valence electrons. The minimum atomic E-state index is 0.579. The van der Waals surface area contributed by atoms with Gasteiger partial charge in [0.1, 0.15) is 0 Å². The van der Waals surface area contributed by atoms with Crippen LogP contribution in [-0.2, 0) is 6.42 Å². The second kappa shape index (κ2) is 3.21. The molecule has 0 unspecified atom stereocenters. The van der Waals surface area contributed by atoms with Gasteiger partial charge < -0.3 is 0 Å². The van der Waals surface area contributed by atoms with E-state index in [1.807, 2.05) is 4.68 Å². The van der Waals surface area contributed by atoms with Crippen LogP contribution in [0.1, 0.15) is 44.5 Å². The molecular weight excluding hydrogens is 152 g/mol. The highest BCUT2D eigenvalue weighted by molar-refractivity contribution is 4.85. The van der Waals surface area contributed by atoms with Crippen molar-refractivity contribution in [3.8, 4) is 0 Å². The van der Waals surface area contributed by atoms with Gasteiger partial charge in [-0.1, -0.05) is 19.8 Å². The monoisotopic (exact) mass is 166 g/mol. The average Bonchev–Trinajstić information content (AvgIpc) is 2.74. The maximum atomic E-state index is 4.02. The molecule has 0 N–H and O–H groups in total.